The quantitative estimate of drug-likeness (QED) is 0.1000. The van der Waals surface area contributed by atoms with E-state index in [-0.39, 0.29) is 6.61 Å². The van der Waals surface area contributed by atoms with Gasteiger partial charge in [0, 0.05) is 16.5 Å². The van der Waals surface area contributed by atoms with E-state index in [9.17, 15) is 4.79 Å². The van der Waals surface area contributed by atoms with Crippen molar-refractivity contribution in [3.63, 3.8) is 0 Å². The van der Waals surface area contributed by atoms with Crippen molar-refractivity contribution in [2.45, 2.75) is 50.9 Å². The molecule has 246 valence electrons. The van der Waals surface area contributed by atoms with Gasteiger partial charge in [0.15, 0.2) is 11.5 Å². The maximum absolute atomic E-state index is 13.9. The number of rotatable bonds is 12. The summed E-state index contributed by atoms with van der Waals surface area (Å²) in [4.78, 5) is 18.7. The van der Waals surface area contributed by atoms with Crippen LogP contribution in [0, 0.1) is 6.92 Å². The fourth-order valence-electron chi connectivity index (χ4n) is 5.31. The lowest BCUT2D eigenvalue weighted by molar-refractivity contribution is -0.140. The van der Waals surface area contributed by atoms with Gasteiger partial charge in [0.25, 0.3) is 0 Å². The molecule has 48 heavy (non-hydrogen) atoms. The number of carbonyl (C=O) groups excluding carboxylic acids is 1. The monoisotopic (exact) mass is 744 g/mol. The second-order valence-electron chi connectivity index (χ2n) is 11.2. The van der Waals surface area contributed by atoms with Crippen LogP contribution in [0.3, 0.4) is 0 Å². The average molecular weight is 746 g/mol. The van der Waals surface area contributed by atoms with E-state index in [1.165, 1.54) is 17.3 Å². The number of esters is 1. The first-order valence-corrected chi connectivity index (χ1v) is 17.6. The minimum absolute atomic E-state index is 0.131. The van der Waals surface area contributed by atoms with Crippen LogP contribution in [0.15, 0.2) is 112 Å². The van der Waals surface area contributed by atoms with Gasteiger partial charge < -0.3 is 19.5 Å². The second-order valence-corrected chi connectivity index (χ2v) is 13.4. The Hall–Kier alpha value is -4.25. The van der Waals surface area contributed by atoms with E-state index in [1.54, 1.807) is 4.68 Å². The van der Waals surface area contributed by atoms with Crippen molar-refractivity contribution in [2.24, 2.45) is 0 Å². The van der Waals surface area contributed by atoms with Gasteiger partial charge in [0.1, 0.15) is 19.3 Å². The summed E-state index contributed by atoms with van der Waals surface area (Å²) in [5.74, 6) is 1.73. The minimum Gasteiger partial charge on any atom is -0.490 e. The highest BCUT2D eigenvalue weighted by Crippen LogP contribution is 2.44. The largest absolute Gasteiger partial charge is 0.490 e. The lowest BCUT2D eigenvalue weighted by atomic mass is 9.95. The second kappa shape index (κ2) is 15.3. The third kappa shape index (κ3) is 7.72. The van der Waals surface area contributed by atoms with Gasteiger partial charge in [0.05, 0.1) is 16.7 Å². The van der Waals surface area contributed by atoms with Gasteiger partial charge in [-0.05, 0) is 77.2 Å². The van der Waals surface area contributed by atoms with Crippen LogP contribution in [0.4, 0.5) is 5.95 Å². The van der Waals surface area contributed by atoms with Gasteiger partial charge in [-0.15, -0.1) is 5.10 Å². The Morgan fingerprint density at radius 2 is 1.69 bits per heavy atom. The molecule has 1 atom stereocenters. The average Bonchev–Trinajstić information content (AvgIpc) is 3.49. The van der Waals surface area contributed by atoms with Crippen molar-refractivity contribution in [3.05, 3.63) is 140 Å². The molecule has 1 unspecified atom stereocenters. The number of ether oxygens (including phenoxy) is 3. The molecular weight excluding hydrogens is 712 g/mol. The molecule has 11 heteroatoms. The fraction of sp³-hybridized carbons (Fsp3) is 0.216. The van der Waals surface area contributed by atoms with Crippen molar-refractivity contribution < 1.29 is 19.0 Å². The minimum atomic E-state index is -0.673. The summed E-state index contributed by atoms with van der Waals surface area (Å²) in [7, 11) is 0. The van der Waals surface area contributed by atoms with Gasteiger partial charge in [0.2, 0.25) is 11.1 Å². The van der Waals surface area contributed by atoms with Crippen molar-refractivity contribution in [3.8, 4) is 11.5 Å². The topological polar surface area (TPSA) is 87.5 Å². The number of halogens is 2. The number of carbonyl (C=O) groups is 1. The molecule has 0 saturated carbocycles. The summed E-state index contributed by atoms with van der Waals surface area (Å²) >= 11 is 11.6. The number of hydrogen-bond donors (Lipinski definition) is 1. The smallest absolute Gasteiger partial charge is 0.338 e. The summed E-state index contributed by atoms with van der Waals surface area (Å²) < 4.78 is 20.7. The van der Waals surface area contributed by atoms with Crippen LogP contribution < -0.4 is 14.8 Å². The lowest BCUT2D eigenvalue weighted by Gasteiger charge is -2.29. The summed E-state index contributed by atoms with van der Waals surface area (Å²) in [6, 6.07) is 28.7. The van der Waals surface area contributed by atoms with E-state index in [1.807, 2.05) is 92.7 Å². The Bertz CT molecular complexity index is 1950. The number of fused-ring (bicyclic) bond motifs is 1. The van der Waals surface area contributed by atoms with Crippen LogP contribution in [-0.4, -0.2) is 27.3 Å². The highest BCUT2D eigenvalue weighted by molar-refractivity contribution is 9.10. The van der Waals surface area contributed by atoms with E-state index in [4.69, 9.17) is 35.9 Å². The molecule has 0 bridgehead atoms. The van der Waals surface area contributed by atoms with Crippen molar-refractivity contribution in [1.29, 1.82) is 0 Å². The Labute approximate surface area is 297 Å². The summed E-state index contributed by atoms with van der Waals surface area (Å²) in [6.45, 7) is 6.73. The van der Waals surface area contributed by atoms with Crippen LogP contribution in [0.1, 0.15) is 47.7 Å². The molecular formula is C37H34BrClN4O4S. The van der Waals surface area contributed by atoms with Crippen LogP contribution >= 0.6 is 39.3 Å². The highest BCUT2D eigenvalue weighted by atomic mass is 79.9. The van der Waals surface area contributed by atoms with Gasteiger partial charge in [-0.1, -0.05) is 102 Å². The molecule has 1 aromatic heterocycles. The van der Waals surface area contributed by atoms with Crippen molar-refractivity contribution >= 4 is 51.2 Å². The van der Waals surface area contributed by atoms with E-state index in [0.717, 1.165) is 22.3 Å². The molecule has 8 nitrogen and oxygen atoms in total. The van der Waals surface area contributed by atoms with Crippen molar-refractivity contribution in [1.82, 2.24) is 14.8 Å². The third-order valence-electron chi connectivity index (χ3n) is 7.73. The van der Waals surface area contributed by atoms with Gasteiger partial charge in [-0.2, -0.15) is 4.98 Å². The number of nitrogens with zero attached hydrogens (tertiary/aromatic N) is 3. The number of benzene rings is 4. The molecule has 0 radical (unpaired) electrons. The number of allylic oxidation sites excluding steroid dienone is 1. The molecule has 5 aromatic rings. The molecule has 2 heterocycles. The molecule has 0 fully saturated rings. The number of hydrogen-bond acceptors (Lipinski definition) is 8. The molecule has 6 rings (SSSR count). The fourth-order valence-corrected chi connectivity index (χ4v) is 7.00. The van der Waals surface area contributed by atoms with Crippen LogP contribution in [0.2, 0.25) is 5.02 Å². The maximum Gasteiger partial charge on any atom is 0.338 e. The normalized spacial score (nSPS) is 13.9. The van der Waals surface area contributed by atoms with Crippen molar-refractivity contribution in [2.75, 3.05) is 11.9 Å². The predicted octanol–water partition coefficient (Wildman–Crippen LogP) is 9.30. The van der Waals surface area contributed by atoms with Crippen LogP contribution in [0.5, 0.6) is 11.5 Å². The molecule has 0 amide bonds. The SMILES string of the molecule is CCOc1cc(C2C(C(=O)OCc3ccccc3)=C(C)Nc3nc(SCc4ccccc4Cl)nn32)cc(Br)c1OCc1ccc(C)cc1. The summed E-state index contributed by atoms with van der Waals surface area (Å²) in [5.41, 5.74) is 5.86. The molecule has 4 aromatic carbocycles. The Morgan fingerprint density at radius 3 is 2.44 bits per heavy atom. The van der Waals surface area contributed by atoms with E-state index >= 15 is 0 Å². The van der Waals surface area contributed by atoms with Gasteiger partial charge in [-0.3, -0.25) is 0 Å². The predicted molar refractivity (Wildman–Crippen MR) is 193 cm³/mol. The van der Waals surface area contributed by atoms with Gasteiger partial charge >= 0.3 is 5.97 Å². The molecule has 0 spiro atoms. The molecule has 0 saturated heterocycles. The molecule has 0 aliphatic carbocycles. The number of thioether (sulfide) groups is 1. The highest BCUT2D eigenvalue weighted by Gasteiger charge is 2.36. The molecule has 1 N–H and O–H groups in total. The van der Waals surface area contributed by atoms with Crippen LogP contribution in [0.25, 0.3) is 0 Å². The Kier molecular flexibility index (Phi) is 10.7. The zero-order chi connectivity index (χ0) is 33.6. The Morgan fingerprint density at radius 1 is 0.958 bits per heavy atom. The Balaban J connectivity index is 1.36. The number of aromatic nitrogens is 3. The van der Waals surface area contributed by atoms with E-state index < -0.39 is 12.0 Å². The van der Waals surface area contributed by atoms with Crippen LogP contribution in [-0.2, 0) is 28.5 Å². The first-order valence-electron chi connectivity index (χ1n) is 15.5. The summed E-state index contributed by atoms with van der Waals surface area (Å²) in [5, 5.41) is 9.39. The zero-order valence-electron chi connectivity index (χ0n) is 26.7. The third-order valence-corrected chi connectivity index (χ3v) is 9.58. The first-order chi connectivity index (χ1) is 23.3. The molecule has 1 aliphatic rings. The lowest BCUT2D eigenvalue weighted by Crippen LogP contribution is -2.29. The maximum atomic E-state index is 13.9. The standard InChI is InChI=1S/C37H34BrClN4O4S/c1-4-45-31-19-28(18-29(38)34(31)46-20-26-16-14-23(2)15-17-26)33-32(35(44)47-21-25-10-6-5-7-11-25)24(3)40-36-41-37(42-43(33)36)48-22-27-12-8-9-13-30(27)39/h5-19,33H,4,20-22H2,1-3H3,(H,40,41,42). The number of aryl methyl sites for hydroxylation is 1. The molecule has 1 aliphatic heterocycles. The first kappa shape index (κ1) is 33.6. The van der Waals surface area contributed by atoms with Gasteiger partial charge in [-0.25, -0.2) is 9.48 Å². The van der Waals surface area contributed by atoms with E-state index in [2.05, 4.69) is 40.3 Å². The number of nitrogens with one attached hydrogen (secondary N) is 1. The number of anilines is 1. The zero-order valence-corrected chi connectivity index (χ0v) is 29.9. The van der Waals surface area contributed by atoms with E-state index in [0.29, 0.717) is 62.3 Å². The summed E-state index contributed by atoms with van der Waals surface area (Å²) in [6.07, 6.45) is 0.